The lowest BCUT2D eigenvalue weighted by Gasteiger charge is -2.07. The van der Waals surface area contributed by atoms with E-state index in [-0.39, 0.29) is 10.6 Å². The summed E-state index contributed by atoms with van der Waals surface area (Å²) in [5.41, 5.74) is 3.16. The van der Waals surface area contributed by atoms with E-state index in [9.17, 15) is 9.18 Å². The fraction of sp³-hybridized carbons (Fsp3) is 0.0500. The van der Waals surface area contributed by atoms with Gasteiger partial charge in [0.25, 0.3) is 5.91 Å². The Labute approximate surface area is 159 Å². The van der Waals surface area contributed by atoms with Gasteiger partial charge in [-0.15, -0.1) is 0 Å². The summed E-state index contributed by atoms with van der Waals surface area (Å²) in [4.78, 5) is 24.0. The normalized spacial score (nSPS) is 10.9. The lowest BCUT2D eigenvalue weighted by atomic mass is 10.1. The van der Waals surface area contributed by atoms with Crippen molar-refractivity contribution < 1.29 is 9.18 Å². The molecule has 0 spiro atoms. The summed E-state index contributed by atoms with van der Waals surface area (Å²) >= 11 is 5.91. The number of aromatic nitrogens is 3. The first kappa shape index (κ1) is 17.2. The summed E-state index contributed by atoms with van der Waals surface area (Å²) in [5.74, 6) is -0.542. The molecule has 1 aromatic carbocycles. The molecule has 3 heterocycles. The summed E-state index contributed by atoms with van der Waals surface area (Å²) in [6.45, 7) is 0. The summed E-state index contributed by atoms with van der Waals surface area (Å²) < 4.78 is 13.1. The van der Waals surface area contributed by atoms with E-state index in [1.165, 1.54) is 12.1 Å². The Hall–Kier alpha value is -3.25. The maximum absolute atomic E-state index is 13.1. The summed E-state index contributed by atoms with van der Waals surface area (Å²) in [6, 6.07) is 11.2. The van der Waals surface area contributed by atoms with E-state index in [0.29, 0.717) is 12.2 Å². The number of carbonyl (C=O) groups is 1. The van der Waals surface area contributed by atoms with Gasteiger partial charge in [0.2, 0.25) is 0 Å². The summed E-state index contributed by atoms with van der Waals surface area (Å²) in [6.07, 6.45) is 6.08. The highest BCUT2D eigenvalue weighted by Gasteiger charge is 2.12. The average Bonchev–Trinajstić information content (AvgIpc) is 3.06. The molecule has 2 N–H and O–H groups in total. The zero-order chi connectivity index (χ0) is 18.8. The molecule has 3 aromatic heterocycles. The molecule has 134 valence electrons. The quantitative estimate of drug-likeness (QED) is 0.543. The van der Waals surface area contributed by atoms with Crippen LogP contribution in [0.15, 0.2) is 61.1 Å². The molecule has 0 saturated carbocycles. The molecule has 0 radical (unpaired) electrons. The highest BCUT2D eigenvalue weighted by atomic mass is 35.5. The van der Waals surface area contributed by atoms with E-state index < -0.39 is 11.7 Å². The molecule has 0 fully saturated rings. The number of fused-ring (bicyclic) bond motifs is 1. The van der Waals surface area contributed by atoms with Crippen LogP contribution in [0.5, 0.6) is 0 Å². The van der Waals surface area contributed by atoms with Crippen molar-refractivity contribution in [3.8, 4) is 0 Å². The van der Waals surface area contributed by atoms with E-state index in [2.05, 4.69) is 20.3 Å². The van der Waals surface area contributed by atoms with Crippen molar-refractivity contribution in [3.63, 3.8) is 0 Å². The number of hydrogen-bond acceptors (Lipinski definition) is 3. The minimum Gasteiger partial charge on any atom is -0.346 e. The third-order valence-electron chi connectivity index (χ3n) is 4.17. The van der Waals surface area contributed by atoms with Crippen molar-refractivity contribution in [2.24, 2.45) is 0 Å². The smallest absolute Gasteiger partial charge is 0.258 e. The van der Waals surface area contributed by atoms with Crippen molar-refractivity contribution in [2.75, 3.05) is 5.32 Å². The highest BCUT2D eigenvalue weighted by Crippen LogP contribution is 2.21. The second-order valence-electron chi connectivity index (χ2n) is 6.02. The van der Waals surface area contributed by atoms with Gasteiger partial charge in [-0.05, 0) is 47.5 Å². The largest absolute Gasteiger partial charge is 0.346 e. The molecular formula is C20H14ClFN4O. The van der Waals surface area contributed by atoms with Crippen molar-refractivity contribution >= 4 is 34.4 Å². The average molecular weight is 381 g/mol. The van der Waals surface area contributed by atoms with Crippen LogP contribution in [0.3, 0.4) is 0 Å². The van der Waals surface area contributed by atoms with Crippen molar-refractivity contribution in [2.45, 2.75) is 6.42 Å². The van der Waals surface area contributed by atoms with Gasteiger partial charge in [-0.3, -0.25) is 4.79 Å². The van der Waals surface area contributed by atoms with Gasteiger partial charge in [0.05, 0.1) is 10.6 Å². The Morgan fingerprint density at radius 1 is 1.19 bits per heavy atom. The first-order chi connectivity index (χ1) is 13.1. The van der Waals surface area contributed by atoms with E-state index in [1.807, 2.05) is 24.4 Å². The second-order valence-corrected chi connectivity index (χ2v) is 6.43. The minimum atomic E-state index is -0.494. The number of nitrogens with zero attached hydrogens (tertiary/aromatic N) is 2. The third kappa shape index (κ3) is 3.66. The van der Waals surface area contributed by atoms with Gasteiger partial charge in [0.15, 0.2) is 0 Å². The molecule has 0 aliphatic heterocycles. The predicted octanol–water partition coefficient (Wildman–Crippen LogP) is 4.59. The summed E-state index contributed by atoms with van der Waals surface area (Å²) in [7, 11) is 0. The van der Waals surface area contributed by atoms with Gasteiger partial charge in [-0.1, -0.05) is 17.7 Å². The lowest BCUT2D eigenvalue weighted by molar-refractivity contribution is 0.102. The molecule has 4 rings (SSSR count). The zero-order valence-corrected chi connectivity index (χ0v) is 14.8. The molecule has 27 heavy (non-hydrogen) atoms. The van der Waals surface area contributed by atoms with Gasteiger partial charge >= 0.3 is 0 Å². The predicted molar refractivity (Wildman–Crippen MR) is 102 cm³/mol. The number of hydrogen-bond donors (Lipinski definition) is 2. The molecule has 7 heteroatoms. The number of pyridine rings is 2. The number of anilines is 1. The van der Waals surface area contributed by atoms with Gasteiger partial charge in [0.1, 0.15) is 17.3 Å². The first-order valence-corrected chi connectivity index (χ1v) is 8.60. The SMILES string of the molecule is O=C(Nc1ccc(Cc2c[nH]c3ncccc23)cn1)c1ccc(F)cc1Cl. The fourth-order valence-corrected chi connectivity index (χ4v) is 3.09. The second kappa shape index (κ2) is 7.17. The highest BCUT2D eigenvalue weighted by molar-refractivity contribution is 6.34. The molecule has 4 aromatic rings. The molecule has 0 saturated heterocycles. The van der Waals surface area contributed by atoms with Crippen LogP contribution in [0.25, 0.3) is 11.0 Å². The van der Waals surface area contributed by atoms with Crippen LogP contribution in [-0.2, 0) is 6.42 Å². The van der Waals surface area contributed by atoms with Crippen LogP contribution < -0.4 is 5.32 Å². The Bertz CT molecular complexity index is 1120. The molecule has 0 aliphatic carbocycles. The maximum Gasteiger partial charge on any atom is 0.258 e. The standard InChI is InChI=1S/C20H14ClFN4O/c21-17-9-14(22)4-5-16(17)20(27)26-18-6-3-12(10-24-18)8-13-11-25-19-15(13)2-1-7-23-19/h1-7,9-11H,8H2,(H,23,25)(H,24,26,27). The third-order valence-corrected chi connectivity index (χ3v) is 4.49. The lowest BCUT2D eigenvalue weighted by Crippen LogP contribution is -2.13. The van der Waals surface area contributed by atoms with Crippen LogP contribution in [0.1, 0.15) is 21.5 Å². The van der Waals surface area contributed by atoms with Crippen LogP contribution in [0.4, 0.5) is 10.2 Å². The van der Waals surface area contributed by atoms with E-state index in [4.69, 9.17) is 11.6 Å². The molecule has 0 bridgehead atoms. The molecule has 0 unspecified atom stereocenters. The number of nitrogens with one attached hydrogen (secondary N) is 2. The number of H-pyrrole nitrogens is 1. The number of rotatable bonds is 4. The van der Waals surface area contributed by atoms with Gasteiger partial charge < -0.3 is 10.3 Å². The van der Waals surface area contributed by atoms with Crippen molar-refractivity contribution in [3.05, 3.63) is 88.6 Å². The summed E-state index contributed by atoms with van der Waals surface area (Å²) in [5, 5.41) is 3.78. The Kier molecular flexibility index (Phi) is 4.56. The van der Waals surface area contributed by atoms with Crippen LogP contribution >= 0.6 is 11.6 Å². The van der Waals surface area contributed by atoms with Crippen LogP contribution in [-0.4, -0.2) is 20.9 Å². The van der Waals surface area contributed by atoms with Gasteiger partial charge in [-0.2, -0.15) is 0 Å². The zero-order valence-electron chi connectivity index (χ0n) is 14.0. The van der Waals surface area contributed by atoms with E-state index >= 15 is 0 Å². The topological polar surface area (TPSA) is 70.7 Å². The molecule has 1 amide bonds. The molecular weight excluding hydrogens is 367 g/mol. The van der Waals surface area contributed by atoms with Crippen LogP contribution in [0, 0.1) is 5.82 Å². The van der Waals surface area contributed by atoms with E-state index in [1.54, 1.807) is 18.5 Å². The van der Waals surface area contributed by atoms with E-state index in [0.717, 1.165) is 28.2 Å². The Morgan fingerprint density at radius 2 is 2.07 bits per heavy atom. The van der Waals surface area contributed by atoms with Gasteiger partial charge in [0, 0.05) is 30.4 Å². The number of amides is 1. The molecule has 0 atom stereocenters. The van der Waals surface area contributed by atoms with Gasteiger partial charge in [-0.25, -0.2) is 14.4 Å². The molecule has 0 aliphatic rings. The monoisotopic (exact) mass is 380 g/mol. The van der Waals surface area contributed by atoms with Crippen LogP contribution in [0.2, 0.25) is 5.02 Å². The first-order valence-electron chi connectivity index (χ1n) is 8.22. The Balaban J connectivity index is 1.48. The number of carbonyl (C=O) groups excluding carboxylic acids is 1. The minimum absolute atomic E-state index is 0.0528. The van der Waals surface area contributed by atoms with Crippen molar-refractivity contribution in [1.82, 2.24) is 15.0 Å². The number of halogens is 2. The number of aromatic amines is 1. The number of benzene rings is 1. The maximum atomic E-state index is 13.1. The fourth-order valence-electron chi connectivity index (χ4n) is 2.84. The Morgan fingerprint density at radius 3 is 2.85 bits per heavy atom. The molecule has 5 nitrogen and oxygen atoms in total. The van der Waals surface area contributed by atoms with Crippen molar-refractivity contribution in [1.29, 1.82) is 0 Å².